The van der Waals surface area contributed by atoms with Gasteiger partial charge in [-0.05, 0) is 11.6 Å². The molecule has 2 rings (SSSR count). The Morgan fingerprint density at radius 2 is 2.06 bits per heavy atom. The van der Waals surface area contributed by atoms with Crippen LogP contribution in [0.15, 0.2) is 30.5 Å². The Morgan fingerprint density at radius 3 is 2.83 bits per heavy atom. The molecule has 18 heavy (non-hydrogen) atoms. The zero-order valence-electron chi connectivity index (χ0n) is 9.77. The summed E-state index contributed by atoms with van der Waals surface area (Å²) in [6.45, 7) is 0.163. The molecule has 94 valence electrons. The molecule has 0 spiro atoms. The van der Waals surface area contributed by atoms with Crippen LogP contribution in [0.5, 0.6) is 0 Å². The lowest BCUT2D eigenvalue weighted by Crippen LogP contribution is -2.27. The van der Waals surface area contributed by atoms with E-state index >= 15 is 0 Å². The SMILES string of the molecule is O=C(O)CCNC(=O)Cc1c[nH]c2ccccc12. The summed E-state index contributed by atoms with van der Waals surface area (Å²) in [7, 11) is 0. The minimum Gasteiger partial charge on any atom is -0.481 e. The lowest BCUT2D eigenvalue weighted by Gasteiger charge is -2.02. The number of amides is 1. The van der Waals surface area contributed by atoms with Crippen molar-refractivity contribution in [3.63, 3.8) is 0 Å². The fourth-order valence-corrected chi connectivity index (χ4v) is 1.82. The van der Waals surface area contributed by atoms with Crippen LogP contribution in [-0.2, 0) is 16.0 Å². The van der Waals surface area contributed by atoms with E-state index in [2.05, 4.69) is 10.3 Å². The summed E-state index contributed by atoms with van der Waals surface area (Å²) in [5.74, 6) is -1.08. The molecule has 2 aromatic rings. The largest absolute Gasteiger partial charge is 0.481 e. The number of hydrogen-bond donors (Lipinski definition) is 3. The first-order valence-electron chi connectivity index (χ1n) is 5.70. The number of nitrogens with one attached hydrogen (secondary N) is 2. The molecule has 0 atom stereocenters. The van der Waals surface area contributed by atoms with Crippen molar-refractivity contribution in [2.45, 2.75) is 12.8 Å². The number of carboxylic acid groups (broad SMARTS) is 1. The van der Waals surface area contributed by atoms with E-state index in [0.717, 1.165) is 16.5 Å². The normalized spacial score (nSPS) is 10.4. The van der Waals surface area contributed by atoms with Gasteiger partial charge < -0.3 is 15.4 Å². The third-order valence-corrected chi connectivity index (χ3v) is 2.69. The third kappa shape index (κ3) is 2.88. The molecule has 0 bridgehead atoms. The first-order chi connectivity index (χ1) is 8.66. The van der Waals surface area contributed by atoms with Gasteiger partial charge in [-0.15, -0.1) is 0 Å². The van der Waals surface area contributed by atoms with E-state index in [0.29, 0.717) is 0 Å². The minimum atomic E-state index is -0.914. The van der Waals surface area contributed by atoms with Gasteiger partial charge in [0.1, 0.15) is 0 Å². The number of fused-ring (bicyclic) bond motifs is 1. The Morgan fingerprint density at radius 1 is 1.28 bits per heavy atom. The van der Waals surface area contributed by atoms with Crippen molar-refractivity contribution >= 4 is 22.8 Å². The van der Waals surface area contributed by atoms with Crippen molar-refractivity contribution in [3.8, 4) is 0 Å². The lowest BCUT2D eigenvalue weighted by atomic mass is 10.1. The van der Waals surface area contributed by atoms with Crippen LogP contribution >= 0.6 is 0 Å². The average molecular weight is 246 g/mol. The van der Waals surface area contributed by atoms with E-state index in [4.69, 9.17) is 5.11 Å². The van der Waals surface area contributed by atoms with Crippen LogP contribution in [0.4, 0.5) is 0 Å². The summed E-state index contributed by atoms with van der Waals surface area (Å²) in [6, 6.07) is 7.74. The summed E-state index contributed by atoms with van der Waals surface area (Å²) >= 11 is 0. The van der Waals surface area contributed by atoms with E-state index in [-0.39, 0.29) is 25.3 Å². The second kappa shape index (κ2) is 5.35. The molecular formula is C13H14N2O3. The fourth-order valence-electron chi connectivity index (χ4n) is 1.82. The van der Waals surface area contributed by atoms with Crippen LogP contribution in [-0.4, -0.2) is 28.5 Å². The van der Waals surface area contributed by atoms with Gasteiger partial charge in [0.15, 0.2) is 0 Å². The molecule has 0 fully saturated rings. The number of rotatable bonds is 5. The predicted octanol–water partition coefficient (Wildman–Crippen LogP) is 1.30. The maximum Gasteiger partial charge on any atom is 0.305 e. The molecule has 0 aliphatic heterocycles. The zero-order valence-corrected chi connectivity index (χ0v) is 9.77. The minimum absolute atomic E-state index is 0.0559. The number of aromatic nitrogens is 1. The maximum atomic E-state index is 11.6. The van der Waals surface area contributed by atoms with Gasteiger partial charge in [-0.1, -0.05) is 18.2 Å². The molecule has 5 heteroatoms. The van der Waals surface area contributed by atoms with Gasteiger partial charge in [-0.3, -0.25) is 9.59 Å². The molecule has 1 aromatic heterocycles. The Kier molecular flexibility index (Phi) is 3.62. The second-order valence-corrected chi connectivity index (χ2v) is 4.03. The molecule has 3 N–H and O–H groups in total. The fraction of sp³-hybridized carbons (Fsp3) is 0.231. The first kappa shape index (κ1) is 12.2. The quantitative estimate of drug-likeness (QED) is 0.743. The van der Waals surface area contributed by atoms with Gasteiger partial charge >= 0.3 is 5.97 Å². The van der Waals surface area contributed by atoms with E-state index in [9.17, 15) is 9.59 Å². The van der Waals surface area contributed by atoms with Crippen LogP contribution in [0.3, 0.4) is 0 Å². The maximum absolute atomic E-state index is 11.6. The predicted molar refractivity (Wildman–Crippen MR) is 67.3 cm³/mol. The Hall–Kier alpha value is -2.30. The number of benzene rings is 1. The van der Waals surface area contributed by atoms with Crippen molar-refractivity contribution in [1.82, 2.24) is 10.3 Å². The van der Waals surface area contributed by atoms with Gasteiger partial charge in [-0.2, -0.15) is 0 Å². The number of carboxylic acids is 1. The molecule has 1 heterocycles. The highest BCUT2D eigenvalue weighted by Crippen LogP contribution is 2.17. The van der Waals surface area contributed by atoms with Crippen molar-refractivity contribution < 1.29 is 14.7 Å². The van der Waals surface area contributed by atoms with Crippen molar-refractivity contribution in [3.05, 3.63) is 36.0 Å². The topological polar surface area (TPSA) is 82.2 Å². The summed E-state index contributed by atoms with van der Waals surface area (Å²) in [4.78, 5) is 25.0. The molecule has 0 unspecified atom stereocenters. The monoisotopic (exact) mass is 246 g/mol. The van der Waals surface area contributed by atoms with Gasteiger partial charge in [0.2, 0.25) is 5.91 Å². The highest BCUT2D eigenvalue weighted by molar-refractivity contribution is 5.88. The molecular weight excluding hydrogens is 232 g/mol. The molecule has 0 aliphatic rings. The van der Waals surface area contributed by atoms with Gasteiger partial charge in [0.25, 0.3) is 0 Å². The van der Waals surface area contributed by atoms with Crippen LogP contribution in [0, 0.1) is 0 Å². The number of carbonyl (C=O) groups excluding carboxylic acids is 1. The number of carbonyl (C=O) groups is 2. The molecule has 0 saturated carbocycles. The van der Waals surface area contributed by atoms with E-state index in [1.165, 1.54) is 0 Å². The molecule has 1 aromatic carbocycles. The smallest absolute Gasteiger partial charge is 0.305 e. The summed E-state index contributed by atoms with van der Waals surface area (Å²) < 4.78 is 0. The van der Waals surface area contributed by atoms with Gasteiger partial charge in [-0.25, -0.2) is 0 Å². The zero-order chi connectivity index (χ0) is 13.0. The van der Waals surface area contributed by atoms with Crippen LogP contribution in [0.2, 0.25) is 0 Å². The molecule has 0 saturated heterocycles. The van der Waals surface area contributed by atoms with E-state index in [1.54, 1.807) is 6.20 Å². The van der Waals surface area contributed by atoms with E-state index < -0.39 is 5.97 Å². The average Bonchev–Trinajstić information content (AvgIpc) is 2.72. The van der Waals surface area contributed by atoms with Crippen LogP contribution in [0.1, 0.15) is 12.0 Å². The van der Waals surface area contributed by atoms with Crippen LogP contribution in [0.25, 0.3) is 10.9 Å². The number of para-hydroxylation sites is 1. The standard InChI is InChI=1S/C13H14N2O3/c16-12(14-6-5-13(17)18)7-9-8-15-11-4-2-1-3-10(9)11/h1-4,8,15H,5-7H2,(H,14,16)(H,17,18). The number of aromatic amines is 1. The number of hydrogen-bond acceptors (Lipinski definition) is 2. The molecule has 0 aliphatic carbocycles. The van der Waals surface area contributed by atoms with E-state index in [1.807, 2.05) is 24.3 Å². The number of H-pyrrole nitrogens is 1. The Labute approximate surface area is 104 Å². The lowest BCUT2D eigenvalue weighted by molar-refractivity contribution is -0.136. The summed E-state index contributed by atoms with van der Waals surface area (Å²) in [5.41, 5.74) is 1.91. The second-order valence-electron chi connectivity index (χ2n) is 4.03. The number of aliphatic carboxylic acids is 1. The third-order valence-electron chi connectivity index (χ3n) is 2.69. The van der Waals surface area contributed by atoms with Gasteiger partial charge in [0.05, 0.1) is 12.8 Å². The molecule has 0 radical (unpaired) electrons. The van der Waals surface area contributed by atoms with Crippen molar-refractivity contribution in [1.29, 1.82) is 0 Å². The highest BCUT2D eigenvalue weighted by atomic mass is 16.4. The Balaban J connectivity index is 1.97. The molecule has 5 nitrogen and oxygen atoms in total. The van der Waals surface area contributed by atoms with Crippen LogP contribution < -0.4 is 5.32 Å². The summed E-state index contributed by atoms with van der Waals surface area (Å²) in [5, 5.41) is 12.1. The van der Waals surface area contributed by atoms with Crippen molar-refractivity contribution in [2.24, 2.45) is 0 Å². The van der Waals surface area contributed by atoms with Gasteiger partial charge in [0, 0.05) is 23.6 Å². The Bertz CT molecular complexity index is 574. The first-order valence-corrected chi connectivity index (χ1v) is 5.70. The molecule has 1 amide bonds. The summed E-state index contributed by atoms with van der Waals surface area (Å²) in [6.07, 6.45) is 2.00. The highest BCUT2D eigenvalue weighted by Gasteiger charge is 2.08. The van der Waals surface area contributed by atoms with Crippen molar-refractivity contribution in [2.75, 3.05) is 6.54 Å².